The molecule has 3 saturated carbocycles. The maximum atomic E-state index is 11.3. The zero-order valence-corrected chi connectivity index (χ0v) is 8.61. The van der Waals surface area contributed by atoms with E-state index in [0.717, 1.165) is 19.3 Å². The van der Waals surface area contributed by atoms with Gasteiger partial charge >= 0.3 is 0 Å². The number of hydrogen-bond acceptors (Lipinski definition) is 2. The van der Waals surface area contributed by atoms with Crippen molar-refractivity contribution in [3.8, 4) is 0 Å². The molecule has 0 aromatic heterocycles. The Hall–Kier alpha value is 0.240. The summed E-state index contributed by atoms with van der Waals surface area (Å²) < 4.78 is 22.6. The smallest absolute Gasteiger partial charge is 0.150 e. The molecule has 3 aliphatic carbocycles. The van der Waals surface area contributed by atoms with E-state index in [1.165, 1.54) is 6.26 Å². The van der Waals surface area contributed by atoms with Gasteiger partial charge in [-0.15, -0.1) is 11.6 Å². The summed E-state index contributed by atoms with van der Waals surface area (Å²) in [5.41, 5.74) is 0. The predicted octanol–water partition coefficient (Wildman–Crippen LogP) is 1.44. The molecule has 4 heteroatoms. The average Bonchev–Trinajstić information content (AvgIpc) is 2.01. The van der Waals surface area contributed by atoms with E-state index in [2.05, 4.69) is 0 Å². The van der Waals surface area contributed by atoms with Gasteiger partial charge in [0, 0.05) is 11.6 Å². The Balaban J connectivity index is 2.23. The van der Waals surface area contributed by atoms with Crippen LogP contribution in [0.25, 0.3) is 0 Å². The van der Waals surface area contributed by atoms with Crippen LogP contribution in [-0.4, -0.2) is 25.3 Å². The Morgan fingerprint density at radius 1 is 1.25 bits per heavy atom. The van der Waals surface area contributed by atoms with Gasteiger partial charge in [-0.3, -0.25) is 0 Å². The summed E-state index contributed by atoms with van der Waals surface area (Å²) in [5.74, 6) is 0.501. The molecule has 2 unspecified atom stereocenters. The van der Waals surface area contributed by atoms with Crippen LogP contribution in [0.1, 0.15) is 19.3 Å². The Labute approximate surface area is 78.2 Å². The van der Waals surface area contributed by atoms with Gasteiger partial charge in [-0.2, -0.15) is 0 Å². The molecule has 2 atom stereocenters. The van der Waals surface area contributed by atoms with Gasteiger partial charge in [0.25, 0.3) is 0 Å². The summed E-state index contributed by atoms with van der Waals surface area (Å²) in [6, 6.07) is 0. The molecule has 3 fully saturated rings. The lowest BCUT2D eigenvalue weighted by molar-refractivity contribution is 0.130. The normalized spacial score (nSPS) is 46.8. The van der Waals surface area contributed by atoms with Crippen molar-refractivity contribution in [2.24, 2.45) is 11.8 Å². The third kappa shape index (κ3) is 1.10. The Kier molecular flexibility index (Phi) is 1.92. The first kappa shape index (κ1) is 8.82. The molecule has 0 aliphatic heterocycles. The molecule has 0 radical (unpaired) electrons. The molecule has 0 aromatic carbocycles. The summed E-state index contributed by atoms with van der Waals surface area (Å²) >= 11 is 6.05. The first-order chi connectivity index (χ1) is 5.52. The first-order valence-corrected chi connectivity index (χ1v) is 6.74. The monoisotopic (exact) mass is 208 g/mol. The van der Waals surface area contributed by atoms with Gasteiger partial charge in [0.15, 0.2) is 9.84 Å². The minimum atomic E-state index is -2.84. The second kappa shape index (κ2) is 2.61. The van der Waals surface area contributed by atoms with E-state index in [0.29, 0.717) is 0 Å². The Bertz CT molecular complexity index is 273. The van der Waals surface area contributed by atoms with Crippen LogP contribution in [0.5, 0.6) is 0 Å². The maximum Gasteiger partial charge on any atom is 0.150 e. The van der Waals surface area contributed by atoms with Crippen molar-refractivity contribution >= 4 is 21.4 Å². The minimum Gasteiger partial charge on any atom is -0.229 e. The van der Waals surface area contributed by atoms with Crippen molar-refractivity contribution in [1.29, 1.82) is 0 Å². The van der Waals surface area contributed by atoms with Crippen molar-refractivity contribution in [2.75, 3.05) is 6.26 Å². The lowest BCUT2D eigenvalue weighted by atomic mass is 9.64. The number of rotatable bonds is 1. The van der Waals surface area contributed by atoms with E-state index >= 15 is 0 Å². The van der Waals surface area contributed by atoms with Crippen LogP contribution in [0.2, 0.25) is 0 Å². The predicted molar refractivity (Wildman–Crippen MR) is 49.1 cm³/mol. The first-order valence-electron chi connectivity index (χ1n) is 4.35. The van der Waals surface area contributed by atoms with E-state index in [4.69, 9.17) is 11.6 Å². The van der Waals surface area contributed by atoms with E-state index in [1.807, 2.05) is 0 Å². The van der Waals surface area contributed by atoms with Gasteiger partial charge in [0.1, 0.15) is 0 Å². The highest BCUT2D eigenvalue weighted by Crippen LogP contribution is 2.52. The zero-order chi connectivity index (χ0) is 8.93. The lowest BCUT2D eigenvalue weighted by Gasteiger charge is -2.52. The third-order valence-corrected chi connectivity index (χ3v) is 5.57. The number of sulfone groups is 1. The molecule has 0 aromatic rings. The minimum absolute atomic E-state index is 0.117. The number of hydrogen-bond donors (Lipinski definition) is 0. The Morgan fingerprint density at radius 2 is 1.75 bits per heavy atom. The van der Waals surface area contributed by atoms with Crippen LogP contribution in [0.15, 0.2) is 0 Å². The van der Waals surface area contributed by atoms with Crippen LogP contribution in [0.3, 0.4) is 0 Å². The quantitative estimate of drug-likeness (QED) is 0.612. The highest BCUT2D eigenvalue weighted by atomic mass is 35.5. The van der Waals surface area contributed by atoms with Crippen molar-refractivity contribution in [3.63, 3.8) is 0 Å². The summed E-state index contributed by atoms with van der Waals surface area (Å²) in [4.78, 5) is 0. The maximum absolute atomic E-state index is 11.3. The summed E-state index contributed by atoms with van der Waals surface area (Å²) in [5, 5.41) is 0.0206. The van der Waals surface area contributed by atoms with E-state index < -0.39 is 9.84 Å². The van der Waals surface area contributed by atoms with Gasteiger partial charge in [-0.05, 0) is 24.7 Å². The molecule has 0 heterocycles. The molecule has 0 saturated heterocycles. The lowest BCUT2D eigenvalue weighted by Crippen LogP contribution is -2.58. The van der Waals surface area contributed by atoms with Crippen LogP contribution in [0.4, 0.5) is 0 Å². The molecule has 3 rings (SSSR count). The van der Waals surface area contributed by atoms with Crippen molar-refractivity contribution in [2.45, 2.75) is 29.9 Å². The van der Waals surface area contributed by atoms with E-state index in [-0.39, 0.29) is 22.5 Å². The molecule has 2 bridgehead atoms. The molecule has 70 valence electrons. The SMILES string of the molecule is CS(=O)(=O)C1C2CCCC1C2Cl. The summed E-state index contributed by atoms with van der Waals surface area (Å²) in [6.07, 6.45) is 4.50. The van der Waals surface area contributed by atoms with Crippen molar-refractivity contribution in [3.05, 3.63) is 0 Å². The Morgan fingerprint density at radius 3 is 2.00 bits per heavy atom. The molecule has 0 N–H and O–H groups in total. The molecule has 0 spiro atoms. The highest BCUT2D eigenvalue weighted by Gasteiger charge is 2.55. The largest absolute Gasteiger partial charge is 0.229 e. The topological polar surface area (TPSA) is 34.1 Å². The number of halogens is 1. The molecule has 3 aliphatic rings. The van der Waals surface area contributed by atoms with Gasteiger partial charge in [0.2, 0.25) is 0 Å². The van der Waals surface area contributed by atoms with Gasteiger partial charge in [-0.25, -0.2) is 8.42 Å². The molecule has 2 nitrogen and oxygen atoms in total. The summed E-state index contributed by atoms with van der Waals surface area (Å²) in [7, 11) is -2.84. The molecule has 12 heavy (non-hydrogen) atoms. The van der Waals surface area contributed by atoms with Crippen LogP contribution >= 0.6 is 11.6 Å². The number of alkyl halides is 1. The summed E-state index contributed by atoms with van der Waals surface area (Å²) in [6.45, 7) is 0. The van der Waals surface area contributed by atoms with Gasteiger partial charge in [-0.1, -0.05) is 6.42 Å². The second-order valence-electron chi connectivity index (χ2n) is 4.00. The fourth-order valence-electron chi connectivity index (χ4n) is 2.72. The van der Waals surface area contributed by atoms with E-state index in [9.17, 15) is 8.42 Å². The van der Waals surface area contributed by atoms with E-state index in [1.54, 1.807) is 0 Å². The fourth-order valence-corrected chi connectivity index (χ4v) is 5.34. The van der Waals surface area contributed by atoms with Crippen molar-refractivity contribution < 1.29 is 8.42 Å². The average molecular weight is 209 g/mol. The highest BCUT2D eigenvalue weighted by molar-refractivity contribution is 7.91. The van der Waals surface area contributed by atoms with Gasteiger partial charge < -0.3 is 0 Å². The molecular weight excluding hydrogens is 196 g/mol. The fraction of sp³-hybridized carbons (Fsp3) is 1.00. The van der Waals surface area contributed by atoms with Crippen molar-refractivity contribution in [1.82, 2.24) is 0 Å². The number of fused-ring (bicyclic) bond motifs is 2. The molecule has 0 amide bonds. The zero-order valence-electron chi connectivity index (χ0n) is 7.03. The second-order valence-corrected chi connectivity index (χ2v) is 6.70. The van der Waals surface area contributed by atoms with Crippen LogP contribution < -0.4 is 0 Å². The van der Waals surface area contributed by atoms with Crippen LogP contribution in [-0.2, 0) is 9.84 Å². The van der Waals surface area contributed by atoms with Gasteiger partial charge in [0.05, 0.1) is 5.25 Å². The van der Waals surface area contributed by atoms with Crippen LogP contribution in [0, 0.1) is 11.8 Å². The molecular formula is C8H13ClO2S. The standard InChI is InChI=1S/C8H13ClO2S/c1-12(10,11)8-5-3-2-4-6(8)7(5)9/h5-8H,2-4H2,1H3. The third-order valence-electron chi connectivity index (χ3n) is 3.23.